The fourth-order valence-electron chi connectivity index (χ4n) is 3.52. The van der Waals surface area contributed by atoms with Gasteiger partial charge in [0.2, 0.25) is 0 Å². The number of aryl methyl sites for hydroxylation is 2. The first-order chi connectivity index (χ1) is 13.3. The van der Waals surface area contributed by atoms with E-state index in [1.807, 2.05) is 11.8 Å². The second-order valence-electron chi connectivity index (χ2n) is 7.18. The summed E-state index contributed by atoms with van der Waals surface area (Å²) in [6.07, 6.45) is 5.59. The maximum absolute atomic E-state index is 12.8. The minimum atomic E-state index is -3.84. The Morgan fingerprint density at radius 3 is 2.39 bits per heavy atom. The van der Waals surface area contributed by atoms with E-state index in [9.17, 15) is 18.3 Å². The van der Waals surface area contributed by atoms with Crippen molar-refractivity contribution in [2.24, 2.45) is 0 Å². The Kier molecular flexibility index (Phi) is 5.88. The van der Waals surface area contributed by atoms with E-state index in [1.54, 1.807) is 25.1 Å². The molecule has 2 aromatic rings. The minimum absolute atomic E-state index is 0.00253. The van der Waals surface area contributed by atoms with Crippen LogP contribution in [0.15, 0.2) is 35.4 Å². The van der Waals surface area contributed by atoms with Gasteiger partial charge in [0.05, 0.1) is 16.8 Å². The molecule has 0 atom stereocenters. The highest BCUT2D eigenvalue weighted by molar-refractivity contribution is 7.92. The third-order valence-corrected chi connectivity index (χ3v) is 6.42. The van der Waals surface area contributed by atoms with Gasteiger partial charge in [-0.25, -0.2) is 18.2 Å². The number of sulfonamides is 1. The van der Waals surface area contributed by atoms with Crippen LogP contribution in [0.25, 0.3) is 0 Å². The van der Waals surface area contributed by atoms with Crippen molar-refractivity contribution in [3.63, 3.8) is 0 Å². The van der Waals surface area contributed by atoms with Crippen molar-refractivity contribution in [3.8, 4) is 0 Å². The third-order valence-electron chi connectivity index (χ3n) is 4.87. The number of carbonyl (C=O) groups is 1. The highest BCUT2D eigenvalue weighted by atomic mass is 32.2. The zero-order valence-corrected chi connectivity index (χ0v) is 16.9. The maximum Gasteiger partial charge on any atom is 0.339 e. The average Bonchev–Trinajstić information content (AvgIpc) is 2.90. The van der Waals surface area contributed by atoms with Gasteiger partial charge in [-0.3, -0.25) is 4.72 Å². The lowest BCUT2D eigenvalue weighted by atomic mass is 10.2. The molecule has 0 aliphatic carbocycles. The zero-order valence-electron chi connectivity index (χ0n) is 16.1. The summed E-state index contributed by atoms with van der Waals surface area (Å²) in [5, 5.41) is 9.64. The van der Waals surface area contributed by atoms with Crippen LogP contribution in [0.4, 0.5) is 11.5 Å². The van der Waals surface area contributed by atoms with E-state index in [0.29, 0.717) is 11.4 Å². The van der Waals surface area contributed by atoms with Gasteiger partial charge in [0.25, 0.3) is 10.0 Å². The fraction of sp³-hybridized carbons (Fsp3) is 0.400. The lowest BCUT2D eigenvalue weighted by Gasteiger charge is -2.23. The van der Waals surface area contributed by atoms with Gasteiger partial charge in [0, 0.05) is 13.1 Å². The van der Waals surface area contributed by atoms with Crippen LogP contribution in [0.5, 0.6) is 0 Å². The van der Waals surface area contributed by atoms with Crippen molar-refractivity contribution in [2.75, 3.05) is 22.7 Å². The summed E-state index contributed by atoms with van der Waals surface area (Å²) in [5.74, 6) is -0.733. The molecular weight excluding hydrogens is 378 g/mol. The molecule has 0 unspecified atom stereocenters. The number of nitrogens with zero attached hydrogens (tertiary/aromatic N) is 2. The number of carboxylic acid groups (broad SMARTS) is 1. The number of nitrogens with one attached hydrogen (secondary N) is 1. The molecule has 28 heavy (non-hydrogen) atoms. The van der Waals surface area contributed by atoms with Gasteiger partial charge in [0.15, 0.2) is 0 Å². The Hall–Kier alpha value is -2.61. The Balaban J connectivity index is 1.92. The molecule has 2 N–H and O–H groups in total. The van der Waals surface area contributed by atoms with Crippen LogP contribution in [-0.4, -0.2) is 37.6 Å². The lowest BCUT2D eigenvalue weighted by molar-refractivity contribution is 0.0697. The zero-order chi connectivity index (χ0) is 20.3. The van der Waals surface area contributed by atoms with E-state index in [-0.39, 0.29) is 16.1 Å². The van der Waals surface area contributed by atoms with Crippen LogP contribution < -0.4 is 9.62 Å². The van der Waals surface area contributed by atoms with Gasteiger partial charge in [-0.05, 0) is 44.4 Å². The Bertz CT molecular complexity index is 981. The van der Waals surface area contributed by atoms with Gasteiger partial charge in [-0.2, -0.15) is 0 Å². The predicted octanol–water partition coefficient (Wildman–Crippen LogP) is 3.58. The first-order valence-electron chi connectivity index (χ1n) is 9.36. The third kappa shape index (κ3) is 4.44. The molecule has 1 fully saturated rings. The molecule has 0 radical (unpaired) electrons. The molecule has 1 aliphatic heterocycles. The van der Waals surface area contributed by atoms with Crippen molar-refractivity contribution < 1.29 is 18.3 Å². The van der Waals surface area contributed by atoms with Crippen molar-refractivity contribution in [1.82, 2.24) is 4.98 Å². The average molecular weight is 404 g/mol. The van der Waals surface area contributed by atoms with Crippen molar-refractivity contribution >= 4 is 27.5 Å². The van der Waals surface area contributed by atoms with E-state index in [1.165, 1.54) is 12.3 Å². The molecule has 1 aliphatic rings. The summed E-state index contributed by atoms with van der Waals surface area (Å²) in [6.45, 7) is 5.12. The molecule has 0 amide bonds. The predicted molar refractivity (Wildman–Crippen MR) is 109 cm³/mol. The largest absolute Gasteiger partial charge is 0.478 e. The second kappa shape index (κ2) is 8.18. The Morgan fingerprint density at radius 2 is 1.79 bits per heavy atom. The summed E-state index contributed by atoms with van der Waals surface area (Å²) >= 11 is 0. The summed E-state index contributed by atoms with van der Waals surface area (Å²) < 4.78 is 28.0. The molecule has 8 heteroatoms. The molecule has 150 valence electrons. The quantitative estimate of drug-likeness (QED) is 0.792. The molecular formula is C20H25N3O4S. The first kappa shape index (κ1) is 20.1. The van der Waals surface area contributed by atoms with Crippen LogP contribution in [-0.2, 0) is 10.0 Å². The van der Waals surface area contributed by atoms with E-state index < -0.39 is 16.0 Å². The highest BCUT2D eigenvalue weighted by Crippen LogP contribution is 2.26. The van der Waals surface area contributed by atoms with Crippen molar-refractivity contribution in [2.45, 2.75) is 44.4 Å². The number of aromatic carboxylic acids is 1. The summed E-state index contributed by atoms with van der Waals surface area (Å²) in [5.41, 5.74) is 1.73. The number of hydrogen-bond donors (Lipinski definition) is 2. The summed E-state index contributed by atoms with van der Waals surface area (Å²) in [7, 11) is -3.84. The topological polar surface area (TPSA) is 99.6 Å². The lowest BCUT2D eigenvalue weighted by Crippen LogP contribution is -2.27. The van der Waals surface area contributed by atoms with Gasteiger partial charge in [-0.15, -0.1) is 0 Å². The Morgan fingerprint density at radius 1 is 1.11 bits per heavy atom. The fourth-order valence-corrected chi connectivity index (χ4v) is 4.78. The number of aromatic nitrogens is 1. The molecule has 2 heterocycles. The van der Waals surface area contributed by atoms with Crippen LogP contribution in [0, 0.1) is 13.8 Å². The molecule has 0 bridgehead atoms. The van der Waals surface area contributed by atoms with Crippen LogP contribution in [0.2, 0.25) is 0 Å². The Labute approximate surface area is 165 Å². The number of hydrogen-bond acceptors (Lipinski definition) is 5. The number of rotatable bonds is 5. The van der Waals surface area contributed by atoms with Gasteiger partial charge < -0.3 is 10.0 Å². The first-order valence-corrected chi connectivity index (χ1v) is 10.8. The van der Waals surface area contributed by atoms with E-state index in [0.717, 1.165) is 44.3 Å². The maximum atomic E-state index is 12.8. The monoisotopic (exact) mass is 403 g/mol. The molecule has 3 rings (SSSR count). The summed E-state index contributed by atoms with van der Waals surface area (Å²) in [6, 6.07) is 6.41. The number of anilines is 2. The molecule has 0 saturated carbocycles. The minimum Gasteiger partial charge on any atom is -0.478 e. The van der Waals surface area contributed by atoms with Crippen molar-refractivity contribution in [1.29, 1.82) is 0 Å². The van der Waals surface area contributed by atoms with Gasteiger partial charge in [-0.1, -0.05) is 30.5 Å². The molecule has 1 aromatic heterocycles. The van der Waals surface area contributed by atoms with E-state index in [2.05, 4.69) is 9.71 Å². The molecule has 1 saturated heterocycles. The standard InChI is InChI=1S/C20H25N3O4S/c1-14-7-8-18(15(2)11-14)28(26,27)22-16-12-17(20(24)25)19(21-13-16)23-9-5-3-4-6-10-23/h7-8,11-13,22H,3-6,9-10H2,1-2H3,(H,24,25). The van der Waals surface area contributed by atoms with E-state index in [4.69, 9.17) is 0 Å². The smallest absolute Gasteiger partial charge is 0.339 e. The number of carboxylic acids is 1. The second-order valence-corrected chi connectivity index (χ2v) is 8.83. The van der Waals surface area contributed by atoms with E-state index >= 15 is 0 Å². The molecule has 1 aromatic carbocycles. The van der Waals surface area contributed by atoms with Crippen LogP contribution in [0.1, 0.15) is 47.2 Å². The van der Waals surface area contributed by atoms with Gasteiger partial charge in [0.1, 0.15) is 11.4 Å². The van der Waals surface area contributed by atoms with Crippen LogP contribution in [0.3, 0.4) is 0 Å². The van der Waals surface area contributed by atoms with Crippen LogP contribution >= 0.6 is 0 Å². The molecule has 0 spiro atoms. The van der Waals surface area contributed by atoms with Crippen molar-refractivity contribution in [3.05, 3.63) is 47.2 Å². The highest BCUT2D eigenvalue weighted by Gasteiger charge is 2.22. The number of pyridine rings is 1. The van der Waals surface area contributed by atoms with Gasteiger partial charge >= 0.3 is 5.97 Å². The SMILES string of the molecule is Cc1ccc(S(=O)(=O)Nc2cnc(N3CCCCCC3)c(C(=O)O)c2)c(C)c1. The number of benzene rings is 1. The molecule has 7 nitrogen and oxygen atoms in total. The summed E-state index contributed by atoms with van der Waals surface area (Å²) in [4.78, 5) is 18.2. The normalized spacial score (nSPS) is 15.1.